The number of rotatable bonds is 4. The molecule has 0 spiro atoms. The number of nitrogens with one attached hydrogen (secondary N) is 1. The van der Waals surface area contributed by atoms with Crippen LogP contribution < -0.4 is 4.72 Å². The van der Waals surface area contributed by atoms with E-state index in [-0.39, 0.29) is 0 Å². The summed E-state index contributed by atoms with van der Waals surface area (Å²) in [4.78, 5) is 1.06. The minimum Gasteiger partial charge on any atom is -0.263 e. The van der Waals surface area contributed by atoms with E-state index in [0.717, 1.165) is 4.91 Å². The lowest BCUT2D eigenvalue weighted by molar-refractivity contribution is 0.636. The average molecular weight is 283 g/mol. The first-order chi connectivity index (χ1) is 9.20. The molecule has 0 aromatic heterocycles. The van der Waals surface area contributed by atoms with Crippen LogP contribution in [0.1, 0.15) is 37.5 Å². The van der Waals surface area contributed by atoms with Crippen LogP contribution in [-0.2, 0) is 0 Å². The fourth-order valence-electron chi connectivity index (χ4n) is 1.56. The molecule has 1 aromatic rings. The average Bonchev–Trinajstić information content (AvgIpc) is 2.44. The summed E-state index contributed by atoms with van der Waals surface area (Å²) in [5.41, 5.74) is 3.72. The van der Waals surface area contributed by atoms with Crippen LogP contribution >= 0.6 is 11.9 Å². The Morgan fingerprint density at radius 3 is 2.37 bits per heavy atom. The Balaban J connectivity index is 0. The van der Waals surface area contributed by atoms with E-state index in [1.54, 1.807) is 11.9 Å². The summed E-state index contributed by atoms with van der Waals surface area (Å²) in [6.07, 6.45) is 4.17. The third-order valence-corrected chi connectivity index (χ3v) is 2.81. The van der Waals surface area contributed by atoms with E-state index in [2.05, 4.69) is 48.6 Å². The van der Waals surface area contributed by atoms with Gasteiger partial charge in [-0.15, -0.1) is 0 Å². The fourth-order valence-corrected chi connectivity index (χ4v) is 2.19. The van der Waals surface area contributed by atoms with Crippen molar-refractivity contribution in [2.45, 2.75) is 27.7 Å². The SMILES string of the molecule is C=C(SNC)c1c(C)cccc1/C=C\C.CC.CF. The smallest absolute Gasteiger partial charge is 0.0785 e. The summed E-state index contributed by atoms with van der Waals surface area (Å²) in [6.45, 7) is 12.2. The molecule has 0 aliphatic carbocycles. The van der Waals surface area contributed by atoms with Gasteiger partial charge < -0.3 is 0 Å². The first-order valence-corrected chi connectivity index (χ1v) is 7.15. The van der Waals surface area contributed by atoms with Gasteiger partial charge in [0.05, 0.1) is 7.18 Å². The lowest BCUT2D eigenvalue weighted by Gasteiger charge is -2.11. The van der Waals surface area contributed by atoms with Crippen molar-refractivity contribution in [3.63, 3.8) is 0 Å². The molecule has 19 heavy (non-hydrogen) atoms. The maximum Gasteiger partial charge on any atom is 0.0785 e. The highest BCUT2D eigenvalue weighted by atomic mass is 32.2. The third kappa shape index (κ3) is 7.19. The number of allylic oxidation sites excluding steroid dienone is 1. The summed E-state index contributed by atoms with van der Waals surface area (Å²) in [6, 6.07) is 6.30. The molecule has 1 nitrogen and oxygen atoms in total. The molecule has 108 valence electrons. The van der Waals surface area contributed by atoms with Gasteiger partial charge in [-0.25, -0.2) is 0 Å². The van der Waals surface area contributed by atoms with Gasteiger partial charge in [-0.3, -0.25) is 9.11 Å². The Labute approximate surface area is 122 Å². The van der Waals surface area contributed by atoms with E-state index in [1.807, 2.05) is 27.8 Å². The first kappa shape index (κ1) is 20.3. The second-order valence-electron chi connectivity index (χ2n) is 3.27. The van der Waals surface area contributed by atoms with Crippen molar-refractivity contribution in [3.05, 3.63) is 47.5 Å². The van der Waals surface area contributed by atoms with Gasteiger partial charge in [-0.1, -0.05) is 50.8 Å². The van der Waals surface area contributed by atoms with Gasteiger partial charge in [0.15, 0.2) is 0 Å². The molecule has 0 saturated heterocycles. The third-order valence-electron chi connectivity index (χ3n) is 2.16. The molecule has 0 radical (unpaired) electrons. The molecule has 0 heterocycles. The van der Waals surface area contributed by atoms with Crippen LogP contribution in [0, 0.1) is 6.92 Å². The molecule has 0 aliphatic heterocycles. The van der Waals surface area contributed by atoms with Crippen molar-refractivity contribution in [2.24, 2.45) is 0 Å². The lowest BCUT2D eigenvalue weighted by Crippen LogP contribution is -1.95. The Morgan fingerprint density at radius 1 is 1.32 bits per heavy atom. The predicted octanol–water partition coefficient (Wildman–Crippen LogP) is 5.48. The number of halogens is 1. The van der Waals surface area contributed by atoms with Crippen LogP contribution in [0.4, 0.5) is 4.39 Å². The molecule has 0 unspecified atom stereocenters. The van der Waals surface area contributed by atoms with Gasteiger partial charge in [0.2, 0.25) is 0 Å². The van der Waals surface area contributed by atoms with Crippen molar-refractivity contribution in [1.29, 1.82) is 0 Å². The highest BCUT2D eigenvalue weighted by Crippen LogP contribution is 2.29. The highest BCUT2D eigenvalue weighted by molar-refractivity contribution is 8.06. The summed E-state index contributed by atoms with van der Waals surface area (Å²) in [5, 5.41) is 0. The molecule has 0 fully saturated rings. The fraction of sp³-hybridized carbons (Fsp3) is 0.375. The van der Waals surface area contributed by atoms with Crippen molar-refractivity contribution in [1.82, 2.24) is 4.72 Å². The van der Waals surface area contributed by atoms with Crippen molar-refractivity contribution in [3.8, 4) is 0 Å². The van der Waals surface area contributed by atoms with E-state index >= 15 is 0 Å². The molecule has 0 amide bonds. The normalized spacial score (nSPS) is 9.21. The van der Waals surface area contributed by atoms with Crippen LogP contribution in [0.15, 0.2) is 30.9 Å². The quantitative estimate of drug-likeness (QED) is 0.734. The predicted molar refractivity (Wildman–Crippen MR) is 90.0 cm³/mol. The van der Waals surface area contributed by atoms with E-state index in [9.17, 15) is 4.39 Å². The van der Waals surface area contributed by atoms with Crippen LogP contribution in [0.3, 0.4) is 0 Å². The van der Waals surface area contributed by atoms with Crippen molar-refractivity contribution < 1.29 is 4.39 Å². The summed E-state index contributed by atoms with van der Waals surface area (Å²) >= 11 is 1.56. The molecular formula is C16H26FNS. The largest absolute Gasteiger partial charge is 0.263 e. The molecule has 1 N–H and O–H groups in total. The van der Waals surface area contributed by atoms with Crippen molar-refractivity contribution in [2.75, 3.05) is 14.2 Å². The minimum absolute atomic E-state index is 0.500. The van der Waals surface area contributed by atoms with E-state index < -0.39 is 0 Å². The summed E-state index contributed by atoms with van der Waals surface area (Å²) in [7, 11) is 2.41. The standard InChI is InChI=1S/C13H17NS.C2H6.CH3F/c1-5-7-12-9-6-8-10(2)13(12)11(3)15-14-4;2*1-2/h5-9,14H,3H2,1-2,4H3;1-2H3;1H3/b7-5-;;. The van der Waals surface area contributed by atoms with Gasteiger partial charge in [-0.05, 0) is 49.5 Å². The summed E-state index contributed by atoms with van der Waals surface area (Å²) in [5.74, 6) is 0. The number of hydrogen-bond acceptors (Lipinski definition) is 2. The maximum absolute atomic E-state index is 9.50. The first-order valence-electron chi connectivity index (χ1n) is 6.33. The molecule has 0 atom stereocenters. The van der Waals surface area contributed by atoms with Gasteiger partial charge >= 0.3 is 0 Å². The topological polar surface area (TPSA) is 12.0 Å². The van der Waals surface area contributed by atoms with Crippen molar-refractivity contribution >= 4 is 22.9 Å². The lowest BCUT2D eigenvalue weighted by atomic mass is 10.0. The zero-order chi connectivity index (χ0) is 15.3. The molecule has 1 rings (SSSR count). The Morgan fingerprint density at radius 2 is 1.89 bits per heavy atom. The van der Waals surface area contributed by atoms with Crippen LogP contribution in [0.2, 0.25) is 0 Å². The second kappa shape index (κ2) is 13.4. The van der Waals surface area contributed by atoms with Gasteiger partial charge in [0, 0.05) is 4.91 Å². The van der Waals surface area contributed by atoms with Gasteiger partial charge in [0.25, 0.3) is 0 Å². The zero-order valence-electron chi connectivity index (χ0n) is 12.9. The van der Waals surface area contributed by atoms with E-state index in [0.29, 0.717) is 7.18 Å². The second-order valence-corrected chi connectivity index (χ2v) is 4.37. The Hall–Kier alpha value is -1.06. The zero-order valence-corrected chi connectivity index (χ0v) is 13.7. The molecule has 3 heteroatoms. The number of alkyl halides is 1. The molecule has 0 saturated carbocycles. The molecule has 0 bridgehead atoms. The summed E-state index contributed by atoms with van der Waals surface area (Å²) < 4.78 is 12.6. The van der Waals surface area contributed by atoms with Crippen LogP contribution in [-0.4, -0.2) is 14.2 Å². The molecule has 0 aliphatic rings. The monoisotopic (exact) mass is 283 g/mol. The Bertz CT molecular complexity index is 386. The van der Waals surface area contributed by atoms with Crippen LogP contribution in [0.5, 0.6) is 0 Å². The Kier molecular flexibility index (Phi) is 14.3. The van der Waals surface area contributed by atoms with E-state index in [4.69, 9.17) is 0 Å². The number of hydrogen-bond donors (Lipinski definition) is 1. The minimum atomic E-state index is 0.500. The number of aryl methyl sites for hydroxylation is 1. The van der Waals surface area contributed by atoms with E-state index in [1.165, 1.54) is 16.7 Å². The number of benzene rings is 1. The highest BCUT2D eigenvalue weighted by Gasteiger charge is 2.06. The molecular weight excluding hydrogens is 257 g/mol. The molecule has 1 aromatic carbocycles. The maximum atomic E-state index is 9.50. The van der Waals surface area contributed by atoms with Gasteiger partial charge in [0.1, 0.15) is 0 Å². The van der Waals surface area contributed by atoms with Gasteiger partial charge in [-0.2, -0.15) is 0 Å². The van der Waals surface area contributed by atoms with Crippen LogP contribution in [0.25, 0.3) is 11.0 Å².